The summed E-state index contributed by atoms with van der Waals surface area (Å²) in [5, 5.41) is 4.01. The summed E-state index contributed by atoms with van der Waals surface area (Å²) in [7, 11) is 0. The predicted molar refractivity (Wildman–Crippen MR) is 85.6 cm³/mol. The van der Waals surface area contributed by atoms with Crippen LogP contribution in [0.15, 0.2) is 36.4 Å². The van der Waals surface area contributed by atoms with Gasteiger partial charge in [-0.25, -0.2) is 13.8 Å². The second-order valence-electron chi connectivity index (χ2n) is 5.55. The fourth-order valence-electron chi connectivity index (χ4n) is 2.64. The molecule has 0 aliphatic carbocycles. The van der Waals surface area contributed by atoms with Crippen molar-refractivity contribution in [1.82, 2.24) is 4.98 Å². The van der Waals surface area contributed by atoms with Crippen LogP contribution in [0.3, 0.4) is 0 Å². The van der Waals surface area contributed by atoms with Crippen LogP contribution in [0, 0.1) is 32.4 Å². The van der Waals surface area contributed by atoms with Gasteiger partial charge in [-0.3, -0.25) is 0 Å². The van der Waals surface area contributed by atoms with Crippen molar-refractivity contribution in [2.45, 2.75) is 20.8 Å². The molecule has 4 heteroatoms. The average molecular weight is 298 g/mol. The lowest BCUT2D eigenvalue weighted by Gasteiger charge is -2.12. The quantitative estimate of drug-likeness (QED) is 0.705. The first-order valence-electron chi connectivity index (χ1n) is 7.05. The van der Waals surface area contributed by atoms with Crippen LogP contribution < -0.4 is 5.32 Å². The summed E-state index contributed by atoms with van der Waals surface area (Å²) in [4.78, 5) is 4.56. The molecule has 112 valence electrons. The lowest BCUT2D eigenvalue weighted by Crippen LogP contribution is -1.99. The Kier molecular flexibility index (Phi) is 3.53. The molecule has 1 aromatic heterocycles. The van der Waals surface area contributed by atoms with Gasteiger partial charge in [-0.1, -0.05) is 11.6 Å². The number of hydrogen-bond acceptors (Lipinski definition) is 2. The summed E-state index contributed by atoms with van der Waals surface area (Å²) in [6.07, 6.45) is 0. The molecule has 2 aromatic carbocycles. The molecule has 0 fully saturated rings. The zero-order valence-corrected chi connectivity index (χ0v) is 12.7. The van der Waals surface area contributed by atoms with Gasteiger partial charge in [0.15, 0.2) is 0 Å². The van der Waals surface area contributed by atoms with Crippen molar-refractivity contribution in [2.24, 2.45) is 0 Å². The van der Waals surface area contributed by atoms with Crippen molar-refractivity contribution >= 4 is 22.4 Å². The van der Waals surface area contributed by atoms with Crippen molar-refractivity contribution in [2.75, 3.05) is 5.32 Å². The molecule has 0 saturated heterocycles. The van der Waals surface area contributed by atoms with E-state index in [0.29, 0.717) is 5.82 Å². The van der Waals surface area contributed by atoms with Gasteiger partial charge < -0.3 is 5.32 Å². The first-order chi connectivity index (χ1) is 10.4. The van der Waals surface area contributed by atoms with Gasteiger partial charge in [-0.2, -0.15) is 0 Å². The van der Waals surface area contributed by atoms with E-state index < -0.39 is 11.6 Å². The van der Waals surface area contributed by atoms with Crippen molar-refractivity contribution in [1.29, 1.82) is 0 Å². The zero-order chi connectivity index (χ0) is 15.9. The lowest BCUT2D eigenvalue weighted by atomic mass is 10.0. The maximum Gasteiger partial charge on any atom is 0.149 e. The van der Waals surface area contributed by atoms with Crippen LogP contribution in [0.25, 0.3) is 10.9 Å². The van der Waals surface area contributed by atoms with E-state index in [-0.39, 0.29) is 5.69 Å². The predicted octanol–water partition coefficient (Wildman–Crippen LogP) is 5.18. The molecular formula is C18H16F2N2. The molecule has 0 atom stereocenters. The summed E-state index contributed by atoms with van der Waals surface area (Å²) < 4.78 is 26.7. The Morgan fingerprint density at radius 3 is 2.41 bits per heavy atom. The van der Waals surface area contributed by atoms with Gasteiger partial charge in [0.25, 0.3) is 0 Å². The minimum Gasteiger partial charge on any atom is -0.338 e. The standard InChI is InChI=1S/C18H16F2N2/c1-10-6-12(3)18-14(7-10)11(2)8-17(22-18)21-16-5-4-13(19)9-15(16)20/h4-9H,1-3H3,(H,21,22). The molecule has 0 radical (unpaired) electrons. The number of halogens is 2. The van der Waals surface area contributed by atoms with E-state index in [9.17, 15) is 8.78 Å². The largest absolute Gasteiger partial charge is 0.338 e. The molecule has 0 saturated carbocycles. The summed E-state index contributed by atoms with van der Waals surface area (Å²) in [6, 6.07) is 9.46. The molecule has 0 aliphatic rings. The fraction of sp³-hybridized carbons (Fsp3) is 0.167. The number of aryl methyl sites for hydroxylation is 3. The summed E-state index contributed by atoms with van der Waals surface area (Å²) in [5.74, 6) is -0.695. The highest BCUT2D eigenvalue weighted by Crippen LogP contribution is 2.27. The maximum atomic E-state index is 13.8. The maximum absolute atomic E-state index is 13.8. The highest BCUT2D eigenvalue weighted by atomic mass is 19.1. The lowest BCUT2D eigenvalue weighted by molar-refractivity contribution is 0.586. The minimum atomic E-state index is -0.639. The summed E-state index contributed by atoms with van der Waals surface area (Å²) in [6.45, 7) is 6.05. The molecule has 0 bridgehead atoms. The van der Waals surface area contributed by atoms with Crippen LogP contribution in [0.1, 0.15) is 16.7 Å². The monoisotopic (exact) mass is 298 g/mol. The van der Waals surface area contributed by atoms with Crippen LogP contribution in [0.5, 0.6) is 0 Å². The van der Waals surface area contributed by atoms with Crippen LogP contribution >= 0.6 is 0 Å². The number of rotatable bonds is 2. The van der Waals surface area contributed by atoms with Crippen LogP contribution in [-0.4, -0.2) is 4.98 Å². The van der Waals surface area contributed by atoms with E-state index in [1.165, 1.54) is 17.7 Å². The van der Waals surface area contributed by atoms with E-state index in [2.05, 4.69) is 22.4 Å². The Bertz CT molecular complexity index is 873. The molecule has 1 N–H and O–H groups in total. The molecule has 1 heterocycles. The number of aromatic nitrogens is 1. The molecule has 0 aliphatic heterocycles. The first kappa shape index (κ1) is 14.4. The van der Waals surface area contributed by atoms with Crippen LogP contribution in [0.2, 0.25) is 0 Å². The molecule has 3 aromatic rings. The number of nitrogens with one attached hydrogen (secondary N) is 1. The Labute approximate surface area is 127 Å². The third kappa shape index (κ3) is 2.64. The number of hydrogen-bond donors (Lipinski definition) is 1. The second kappa shape index (κ2) is 5.37. The van der Waals surface area contributed by atoms with Gasteiger partial charge in [0.1, 0.15) is 17.5 Å². The topological polar surface area (TPSA) is 24.9 Å². The fourth-order valence-corrected chi connectivity index (χ4v) is 2.64. The van der Waals surface area contributed by atoms with Crippen molar-refractivity contribution in [3.8, 4) is 0 Å². The molecular weight excluding hydrogens is 282 g/mol. The summed E-state index contributed by atoms with van der Waals surface area (Å²) >= 11 is 0. The van der Waals surface area contributed by atoms with E-state index in [4.69, 9.17) is 0 Å². The first-order valence-corrected chi connectivity index (χ1v) is 7.05. The van der Waals surface area contributed by atoms with Gasteiger partial charge in [0.2, 0.25) is 0 Å². The summed E-state index contributed by atoms with van der Waals surface area (Å²) in [5.41, 5.74) is 4.40. The number of benzene rings is 2. The van der Waals surface area contributed by atoms with Gasteiger partial charge in [-0.05, 0) is 56.2 Å². The Hall–Kier alpha value is -2.49. The number of nitrogens with zero attached hydrogens (tertiary/aromatic N) is 1. The number of fused-ring (bicyclic) bond motifs is 1. The van der Waals surface area contributed by atoms with Crippen LogP contribution in [-0.2, 0) is 0 Å². The van der Waals surface area contributed by atoms with Gasteiger partial charge in [0, 0.05) is 11.5 Å². The van der Waals surface area contributed by atoms with Crippen molar-refractivity contribution in [3.63, 3.8) is 0 Å². The van der Waals surface area contributed by atoms with E-state index in [1.807, 2.05) is 26.8 Å². The zero-order valence-electron chi connectivity index (χ0n) is 12.7. The Morgan fingerprint density at radius 1 is 0.909 bits per heavy atom. The Morgan fingerprint density at radius 2 is 1.68 bits per heavy atom. The second-order valence-corrected chi connectivity index (χ2v) is 5.55. The normalized spacial score (nSPS) is 11.0. The Balaban J connectivity index is 2.08. The smallest absolute Gasteiger partial charge is 0.149 e. The highest BCUT2D eigenvalue weighted by Gasteiger charge is 2.09. The van der Waals surface area contributed by atoms with E-state index >= 15 is 0 Å². The molecule has 0 amide bonds. The van der Waals surface area contributed by atoms with E-state index in [1.54, 1.807) is 0 Å². The molecule has 2 nitrogen and oxygen atoms in total. The van der Waals surface area contributed by atoms with Gasteiger partial charge in [-0.15, -0.1) is 0 Å². The highest BCUT2D eigenvalue weighted by molar-refractivity contribution is 5.87. The van der Waals surface area contributed by atoms with Gasteiger partial charge >= 0.3 is 0 Å². The molecule has 0 unspecified atom stereocenters. The third-order valence-corrected chi connectivity index (χ3v) is 3.65. The van der Waals surface area contributed by atoms with E-state index in [0.717, 1.165) is 28.1 Å². The van der Waals surface area contributed by atoms with Gasteiger partial charge in [0.05, 0.1) is 11.2 Å². The molecule has 22 heavy (non-hydrogen) atoms. The minimum absolute atomic E-state index is 0.206. The number of anilines is 2. The molecule has 3 rings (SSSR count). The third-order valence-electron chi connectivity index (χ3n) is 3.65. The van der Waals surface area contributed by atoms with Crippen molar-refractivity contribution in [3.05, 3.63) is 64.7 Å². The molecule has 0 spiro atoms. The number of pyridine rings is 1. The van der Waals surface area contributed by atoms with Crippen LogP contribution in [0.4, 0.5) is 20.3 Å². The average Bonchev–Trinajstić information content (AvgIpc) is 2.43. The van der Waals surface area contributed by atoms with Crippen molar-refractivity contribution < 1.29 is 8.78 Å². The SMILES string of the molecule is Cc1cc(C)c2nc(Nc3ccc(F)cc3F)cc(C)c2c1.